The quantitative estimate of drug-likeness (QED) is 0.261. The molecule has 2 heterocycles. The number of phenolic OH excluding ortho intramolecular Hbond substituents is 1. The third kappa shape index (κ3) is 4.99. The number of aryl methyl sites for hydroxylation is 2. The molecule has 1 aromatic heterocycles. The van der Waals surface area contributed by atoms with Gasteiger partial charge in [0.2, 0.25) is 12.2 Å². The molecule has 186 valence electrons. The summed E-state index contributed by atoms with van der Waals surface area (Å²) in [5, 5.41) is 10.7. The zero-order valence-corrected chi connectivity index (χ0v) is 20.9. The van der Waals surface area contributed by atoms with E-state index in [1.165, 1.54) is 11.3 Å². The van der Waals surface area contributed by atoms with Gasteiger partial charge in [-0.2, -0.15) is 0 Å². The molecule has 0 saturated carbocycles. The lowest BCUT2D eigenvalue weighted by Crippen LogP contribution is -2.50. The van der Waals surface area contributed by atoms with Crippen molar-refractivity contribution in [2.75, 3.05) is 19.6 Å². The number of ketones is 1. The van der Waals surface area contributed by atoms with Gasteiger partial charge in [0.15, 0.2) is 5.75 Å². The molecule has 3 aromatic carbocycles. The van der Waals surface area contributed by atoms with Gasteiger partial charge in [0.1, 0.15) is 16.4 Å². The molecule has 1 N–H and O–H groups in total. The zero-order chi connectivity index (χ0) is 25.4. The minimum absolute atomic E-state index is 0.111. The Morgan fingerprint density at radius 1 is 1.08 bits per heavy atom. The van der Waals surface area contributed by atoms with Crippen LogP contribution in [0.1, 0.15) is 31.9 Å². The molecule has 1 aliphatic rings. The van der Waals surface area contributed by atoms with Crippen molar-refractivity contribution < 1.29 is 23.4 Å². The van der Waals surface area contributed by atoms with Crippen LogP contribution in [0, 0.1) is 19.8 Å². The van der Waals surface area contributed by atoms with E-state index in [0.29, 0.717) is 35.0 Å². The van der Waals surface area contributed by atoms with Gasteiger partial charge >= 0.3 is 0 Å². The second-order valence-corrected chi connectivity index (χ2v) is 10.5. The second-order valence-electron chi connectivity index (χ2n) is 9.44. The number of thiophene rings is 1. The summed E-state index contributed by atoms with van der Waals surface area (Å²) in [6.45, 7) is 5.53. The van der Waals surface area contributed by atoms with Crippen LogP contribution in [0.3, 0.4) is 0 Å². The van der Waals surface area contributed by atoms with Gasteiger partial charge in [-0.15, -0.1) is 11.3 Å². The number of nitrogens with zero attached hydrogens (tertiary/aromatic N) is 1. The number of carbonyl (C=O) groups excluding carboxylic acids is 1. The van der Waals surface area contributed by atoms with E-state index in [-0.39, 0.29) is 11.5 Å². The summed E-state index contributed by atoms with van der Waals surface area (Å²) in [7, 11) is 0. The maximum atomic E-state index is 13.6. The number of halogens is 2. The standard InChI is InChI=1S/C29H27F2NO3S/c1-17-3-4-18(2)24(13-17)26(34)28-27(23-10-7-21(33)14-25(23)36-28)35-22-8-5-19(6-9-22)11-12-32-15-20(16-32)29(30)31/h3-10,13-14,20,29,33H,11-12,15-16H2,1-2H3. The summed E-state index contributed by atoms with van der Waals surface area (Å²) in [4.78, 5) is 16.1. The van der Waals surface area contributed by atoms with E-state index < -0.39 is 12.3 Å². The maximum absolute atomic E-state index is 13.6. The van der Waals surface area contributed by atoms with Crippen LogP contribution in [-0.2, 0) is 6.42 Å². The fraction of sp³-hybridized carbons (Fsp3) is 0.276. The summed E-state index contributed by atoms with van der Waals surface area (Å²) >= 11 is 1.31. The first kappa shape index (κ1) is 24.4. The first-order valence-corrected chi connectivity index (χ1v) is 12.7. The van der Waals surface area contributed by atoms with Crippen molar-refractivity contribution in [3.05, 3.63) is 87.8 Å². The van der Waals surface area contributed by atoms with Crippen molar-refractivity contribution >= 4 is 27.2 Å². The van der Waals surface area contributed by atoms with E-state index in [1.807, 2.05) is 61.2 Å². The van der Waals surface area contributed by atoms with Crippen molar-refractivity contribution in [1.82, 2.24) is 4.90 Å². The minimum Gasteiger partial charge on any atom is -0.508 e. The van der Waals surface area contributed by atoms with Crippen molar-refractivity contribution in [3.63, 3.8) is 0 Å². The van der Waals surface area contributed by atoms with Crippen LogP contribution in [-0.4, -0.2) is 41.8 Å². The Labute approximate surface area is 212 Å². The average molecular weight is 508 g/mol. The molecule has 1 saturated heterocycles. The smallest absolute Gasteiger partial charge is 0.243 e. The summed E-state index contributed by atoms with van der Waals surface area (Å²) in [5.74, 6) is 0.603. The summed E-state index contributed by atoms with van der Waals surface area (Å²) in [6.07, 6.45) is -1.46. The molecule has 0 atom stereocenters. The van der Waals surface area contributed by atoms with Gasteiger partial charge in [-0.3, -0.25) is 4.79 Å². The highest BCUT2D eigenvalue weighted by atomic mass is 32.1. The van der Waals surface area contributed by atoms with Crippen LogP contribution in [0.15, 0.2) is 60.7 Å². The number of phenols is 1. The number of carbonyl (C=O) groups is 1. The summed E-state index contributed by atoms with van der Waals surface area (Å²) in [5.41, 5.74) is 3.62. The minimum atomic E-state index is -2.23. The molecule has 0 aliphatic carbocycles. The number of rotatable bonds is 8. The van der Waals surface area contributed by atoms with Gasteiger partial charge in [-0.05, 0) is 67.8 Å². The van der Waals surface area contributed by atoms with Crippen LogP contribution in [0.4, 0.5) is 8.78 Å². The normalized spacial score (nSPS) is 14.4. The van der Waals surface area contributed by atoms with Crippen LogP contribution in [0.2, 0.25) is 0 Å². The Balaban J connectivity index is 1.38. The first-order valence-electron chi connectivity index (χ1n) is 11.9. The van der Waals surface area contributed by atoms with E-state index in [9.17, 15) is 18.7 Å². The van der Waals surface area contributed by atoms with Crippen LogP contribution >= 0.6 is 11.3 Å². The second kappa shape index (κ2) is 9.99. The van der Waals surface area contributed by atoms with Crippen LogP contribution < -0.4 is 4.74 Å². The highest BCUT2D eigenvalue weighted by Crippen LogP contribution is 2.43. The molecule has 36 heavy (non-hydrogen) atoms. The molecule has 7 heteroatoms. The van der Waals surface area contributed by atoms with Gasteiger partial charge in [-0.1, -0.05) is 29.8 Å². The van der Waals surface area contributed by atoms with Gasteiger partial charge < -0.3 is 14.7 Å². The topological polar surface area (TPSA) is 49.8 Å². The lowest BCUT2D eigenvalue weighted by atomic mass is 10.00. The fourth-order valence-corrected chi connectivity index (χ4v) is 5.61. The Morgan fingerprint density at radius 3 is 2.56 bits per heavy atom. The van der Waals surface area contributed by atoms with Gasteiger partial charge in [0.25, 0.3) is 0 Å². The van der Waals surface area contributed by atoms with Crippen molar-refractivity contribution in [2.24, 2.45) is 5.92 Å². The summed E-state index contributed by atoms with van der Waals surface area (Å²) < 4.78 is 32.4. The van der Waals surface area contributed by atoms with Gasteiger partial charge in [0, 0.05) is 41.2 Å². The number of benzene rings is 3. The van der Waals surface area contributed by atoms with Crippen LogP contribution in [0.25, 0.3) is 10.1 Å². The predicted molar refractivity (Wildman–Crippen MR) is 139 cm³/mol. The largest absolute Gasteiger partial charge is 0.508 e. The number of alkyl halides is 2. The molecule has 0 amide bonds. The van der Waals surface area contributed by atoms with E-state index in [0.717, 1.165) is 39.7 Å². The van der Waals surface area contributed by atoms with Crippen molar-refractivity contribution in [3.8, 4) is 17.2 Å². The number of fused-ring (bicyclic) bond motifs is 1. The molecular formula is C29H27F2NO3S. The molecule has 5 rings (SSSR count). The van der Waals surface area contributed by atoms with Gasteiger partial charge in [0.05, 0.1) is 0 Å². The maximum Gasteiger partial charge on any atom is 0.243 e. The fourth-order valence-electron chi connectivity index (χ4n) is 4.50. The number of aromatic hydroxyl groups is 1. The average Bonchev–Trinajstić information content (AvgIpc) is 3.17. The van der Waals surface area contributed by atoms with E-state index >= 15 is 0 Å². The lowest BCUT2D eigenvalue weighted by molar-refractivity contribution is -0.0233. The number of hydrogen-bond acceptors (Lipinski definition) is 5. The van der Waals surface area contributed by atoms with Crippen LogP contribution in [0.5, 0.6) is 17.2 Å². The Morgan fingerprint density at radius 2 is 1.83 bits per heavy atom. The van der Waals surface area contributed by atoms with Crippen molar-refractivity contribution in [1.29, 1.82) is 0 Å². The molecule has 4 nitrogen and oxygen atoms in total. The highest BCUT2D eigenvalue weighted by Gasteiger charge is 2.33. The molecule has 1 aliphatic heterocycles. The molecule has 1 fully saturated rings. The number of likely N-dealkylation sites (tertiary alicyclic amines) is 1. The SMILES string of the molecule is Cc1ccc(C)c(C(=O)c2sc3cc(O)ccc3c2Oc2ccc(CCN3CC(C(F)F)C3)cc2)c1. The molecule has 0 unspecified atom stereocenters. The summed E-state index contributed by atoms with van der Waals surface area (Å²) in [6, 6.07) is 18.5. The molecule has 0 bridgehead atoms. The van der Waals surface area contributed by atoms with E-state index in [1.54, 1.807) is 18.2 Å². The molecule has 4 aromatic rings. The Bertz CT molecular complexity index is 1410. The predicted octanol–water partition coefficient (Wildman–Crippen LogP) is 6.99. The Kier molecular flexibility index (Phi) is 6.77. The molecule has 0 radical (unpaired) electrons. The highest BCUT2D eigenvalue weighted by molar-refractivity contribution is 7.21. The van der Waals surface area contributed by atoms with Gasteiger partial charge in [-0.25, -0.2) is 8.78 Å². The number of hydrogen-bond donors (Lipinski definition) is 1. The monoisotopic (exact) mass is 507 g/mol. The third-order valence-corrected chi connectivity index (χ3v) is 7.81. The van der Waals surface area contributed by atoms with Crippen molar-refractivity contribution in [2.45, 2.75) is 26.7 Å². The molecule has 0 spiro atoms. The first-order chi connectivity index (χ1) is 17.3. The van der Waals surface area contributed by atoms with E-state index in [4.69, 9.17) is 4.74 Å². The van der Waals surface area contributed by atoms with E-state index in [2.05, 4.69) is 0 Å². The lowest BCUT2D eigenvalue weighted by Gasteiger charge is -2.38. The molecular weight excluding hydrogens is 480 g/mol. The zero-order valence-electron chi connectivity index (χ0n) is 20.1. The number of ether oxygens (including phenoxy) is 1. The Hall–Kier alpha value is -3.29. The third-order valence-electron chi connectivity index (χ3n) is 6.67.